The zero-order valence-corrected chi connectivity index (χ0v) is 18.2. The molecule has 0 bridgehead atoms. The van der Waals surface area contributed by atoms with Crippen molar-refractivity contribution in [1.82, 2.24) is 20.4 Å². The van der Waals surface area contributed by atoms with Gasteiger partial charge < -0.3 is 15.5 Å². The van der Waals surface area contributed by atoms with Crippen LogP contribution in [0.25, 0.3) is 0 Å². The van der Waals surface area contributed by atoms with Gasteiger partial charge in [0.1, 0.15) is 18.2 Å². The highest BCUT2D eigenvalue weighted by Gasteiger charge is 2.46. The topological polar surface area (TPSA) is 60.0 Å². The van der Waals surface area contributed by atoms with Crippen molar-refractivity contribution in [3.05, 3.63) is 35.4 Å². The molecule has 30 heavy (non-hydrogen) atoms. The first-order valence-corrected chi connectivity index (χ1v) is 10.8. The van der Waals surface area contributed by atoms with Gasteiger partial charge in [0.25, 0.3) is 0 Å². The van der Waals surface area contributed by atoms with Crippen LogP contribution in [0.4, 0.5) is 8.78 Å². The Kier molecular flexibility index (Phi) is 7.28. The number of amides is 1. The fraction of sp³-hybridized carbons (Fsp3) is 0.636. The number of carbonyl (C=O) groups is 1. The summed E-state index contributed by atoms with van der Waals surface area (Å²) in [5.74, 6) is -0.601. The van der Waals surface area contributed by atoms with E-state index in [9.17, 15) is 13.6 Å². The minimum absolute atomic E-state index is 0.0440. The van der Waals surface area contributed by atoms with Gasteiger partial charge in [-0.15, -0.1) is 0 Å². The van der Waals surface area contributed by atoms with E-state index in [0.29, 0.717) is 24.1 Å². The number of aliphatic imine (C=N–C) groups is 1. The van der Waals surface area contributed by atoms with E-state index in [1.807, 2.05) is 0 Å². The van der Waals surface area contributed by atoms with Crippen LogP contribution in [-0.4, -0.2) is 74.5 Å². The first-order chi connectivity index (χ1) is 14.3. The molecule has 1 aromatic rings. The molecule has 1 heterocycles. The molecule has 1 aromatic carbocycles. The second-order valence-corrected chi connectivity index (χ2v) is 8.52. The molecule has 3 rings (SSSR count). The number of rotatable bonds is 8. The Labute approximate surface area is 177 Å². The predicted octanol–water partition coefficient (Wildman–Crippen LogP) is 2.10. The summed E-state index contributed by atoms with van der Waals surface area (Å²) >= 11 is 0. The lowest BCUT2D eigenvalue weighted by molar-refractivity contribution is -0.127. The van der Waals surface area contributed by atoms with Crippen LogP contribution in [0.3, 0.4) is 0 Å². The summed E-state index contributed by atoms with van der Waals surface area (Å²) in [6, 6.07) is 4.23. The Bertz CT molecular complexity index is 779. The smallest absolute Gasteiger partial charge is 0.243 e. The molecule has 0 spiro atoms. The number of guanidine groups is 1. The molecule has 1 saturated heterocycles. The van der Waals surface area contributed by atoms with E-state index in [4.69, 9.17) is 0 Å². The Hall–Kier alpha value is -2.22. The van der Waals surface area contributed by atoms with Crippen LogP contribution < -0.4 is 10.6 Å². The highest BCUT2D eigenvalue weighted by Crippen LogP contribution is 2.48. The Morgan fingerprint density at radius 3 is 2.70 bits per heavy atom. The van der Waals surface area contributed by atoms with Gasteiger partial charge in [-0.05, 0) is 50.4 Å². The highest BCUT2D eigenvalue weighted by molar-refractivity contribution is 5.84. The predicted molar refractivity (Wildman–Crippen MR) is 115 cm³/mol. The Balaban J connectivity index is 1.65. The molecule has 2 aliphatic rings. The van der Waals surface area contributed by atoms with E-state index < -0.39 is 11.6 Å². The lowest BCUT2D eigenvalue weighted by Gasteiger charge is -2.25. The summed E-state index contributed by atoms with van der Waals surface area (Å²) in [6.45, 7) is 5.55. The van der Waals surface area contributed by atoms with Crippen LogP contribution >= 0.6 is 0 Å². The van der Waals surface area contributed by atoms with Crippen molar-refractivity contribution in [2.24, 2.45) is 4.99 Å². The zero-order valence-electron chi connectivity index (χ0n) is 18.2. The molecule has 2 fully saturated rings. The lowest BCUT2D eigenvalue weighted by Crippen LogP contribution is -2.47. The summed E-state index contributed by atoms with van der Waals surface area (Å²) in [5, 5.41) is 6.67. The number of likely N-dealkylation sites (N-methyl/N-ethyl adjacent to an activating group) is 2. The van der Waals surface area contributed by atoms with Gasteiger partial charge >= 0.3 is 0 Å². The molecule has 1 atom stereocenters. The van der Waals surface area contributed by atoms with Crippen LogP contribution in [0.15, 0.2) is 23.2 Å². The van der Waals surface area contributed by atoms with Gasteiger partial charge in [-0.1, -0.05) is 13.0 Å². The van der Waals surface area contributed by atoms with Gasteiger partial charge in [0.2, 0.25) is 5.91 Å². The fourth-order valence-corrected chi connectivity index (χ4v) is 4.08. The van der Waals surface area contributed by atoms with Crippen molar-refractivity contribution in [3.8, 4) is 0 Å². The molecule has 0 aromatic heterocycles. The first kappa shape index (κ1) is 22.5. The van der Waals surface area contributed by atoms with Gasteiger partial charge in [-0.25, -0.2) is 13.8 Å². The van der Waals surface area contributed by atoms with Crippen molar-refractivity contribution < 1.29 is 13.6 Å². The maximum Gasteiger partial charge on any atom is 0.243 e. The third-order valence-corrected chi connectivity index (χ3v) is 6.23. The molecule has 1 aliphatic carbocycles. The molecule has 8 heteroatoms. The van der Waals surface area contributed by atoms with Crippen LogP contribution in [0.1, 0.15) is 38.2 Å². The van der Waals surface area contributed by atoms with Gasteiger partial charge in [0.05, 0.1) is 0 Å². The molecule has 1 aliphatic heterocycles. The standard InChI is InChI=1S/C22H33F2N5O/c1-4-29-11-5-6-17(29)13-25-21(26-14-20(30)28(2)3)27-15-22(9-10-22)18-8-7-16(23)12-19(18)24/h7-8,12,17H,4-6,9-11,13-15H2,1-3H3,(H2,25,26,27). The lowest BCUT2D eigenvalue weighted by atomic mass is 9.95. The third-order valence-electron chi connectivity index (χ3n) is 6.23. The number of hydrogen-bond acceptors (Lipinski definition) is 3. The van der Waals surface area contributed by atoms with E-state index in [-0.39, 0.29) is 17.9 Å². The van der Waals surface area contributed by atoms with Crippen LogP contribution in [-0.2, 0) is 10.2 Å². The van der Waals surface area contributed by atoms with Crippen LogP contribution in [0.5, 0.6) is 0 Å². The van der Waals surface area contributed by atoms with Crippen molar-refractivity contribution in [1.29, 1.82) is 0 Å². The molecule has 6 nitrogen and oxygen atoms in total. The van der Waals surface area contributed by atoms with Crippen LogP contribution in [0, 0.1) is 11.6 Å². The summed E-state index contributed by atoms with van der Waals surface area (Å²) in [4.78, 5) is 20.4. The Morgan fingerprint density at radius 1 is 1.30 bits per heavy atom. The summed E-state index contributed by atoms with van der Waals surface area (Å²) in [6.07, 6.45) is 3.99. The minimum atomic E-state index is -0.567. The quantitative estimate of drug-likeness (QED) is 0.499. The van der Waals surface area contributed by atoms with Crippen molar-refractivity contribution in [3.63, 3.8) is 0 Å². The molecular formula is C22H33F2N5O. The van der Waals surface area contributed by atoms with E-state index >= 15 is 0 Å². The van der Waals surface area contributed by atoms with Gasteiger partial charge in [-0.2, -0.15) is 0 Å². The monoisotopic (exact) mass is 421 g/mol. The average Bonchev–Trinajstić information content (AvgIpc) is 3.35. The highest BCUT2D eigenvalue weighted by atomic mass is 19.1. The maximum absolute atomic E-state index is 14.3. The summed E-state index contributed by atoms with van der Waals surface area (Å²) < 4.78 is 27.6. The van der Waals surface area contributed by atoms with Crippen molar-refractivity contribution in [2.75, 3.05) is 46.8 Å². The number of nitrogens with one attached hydrogen (secondary N) is 2. The molecule has 2 N–H and O–H groups in total. The molecule has 1 amide bonds. The van der Waals surface area contributed by atoms with E-state index in [1.54, 1.807) is 14.1 Å². The SMILES string of the molecule is CCN1CCCC1CNC(=NCC(=O)N(C)C)NCC1(c2ccc(F)cc2F)CC1. The number of nitrogens with zero attached hydrogens (tertiary/aromatic N) is 3. The largest absolute Gasteiger partial charge is 0.355 e. The molecule has 166 valence electrons. The van der Waals surface area contributed by atoms with E-state index in [1.165, 1.54) is 23.5 Å². The average molecular weight is 422 g/mol. The first-order valence-electron chi connectivity index (χ1n) is 10.8. The maximum atomic E-state index is 14.3. The van der Waals surface area contributed by atoms with Gasteiger partial charge in [-0.3, -0.25) is 9.69 Å². The van der Waals surface area contributed by atoms with Crippen molar-refractivity contribution >= 4 is 11.9 Å². The fourth-order valence-electron chi connectivity index (χ4n) is 4.08. The van der Waals surface area contributed by atoms with Crippen LogP contribution in [0.2, 0.25) is 0 Å². The van der Waals surface area contributed by atoms with E-state index in [0.717, 1.165) is 45.0 Å². The number of hydrogen-bond donors (Lipinski definition) is 2. The molecule has 1 unspecified atom stereocenters. The van der Waals surface area contributed by atoms with Gasteiger partial charge in [0, 0.05) is 44.7 Å². The van der Waals surface area contributed by atoms with Crippen molar-refractivity contribution in [2.45, 2.75) is 44.1 Å². The number of benzene rings is 1. The zero-order chi connectivity index (χ0) is 21.7. The molecular weight excluding hydrogens is 388 g/mol. The van der Waals surface area contributed by atoms with Gasteiger partial charge in [0.15, 0.2) is 5.96 Å². The number of halogens is 2. The third kappa shape index (κ3) is 5.47. The van der Waals surface area contributed by atoms with E-state index in [2.05, 4.69) is 27.4 Å². The number of carbonyl (C=O) groups excluding carboxylic acids is 1. The Morgan fingerprint density at radius 2 is 2.07 bits per heavy atom. The second kappa shape index (κ2) is 9.73. The molecule has 0 radical (unpaired) electrons. The summed E-state index contributed by atoms with van der Waals surface area (Å²) in [7, 11) is 3.40. The minimum Gasteiger partial charge on any atom is -0.355 e. The normalized spacial score (nSPS) is 20.8. The second-order valence-electron chi connectivity index (χ2n) is 8.52. The summed E-state index contributed by atoms with van der Waals surface area (Å²) in [5.41, 5.74) is 0.183. The number of likely N-dealkylation sites (tertiary alicyclic amines) is 1. The molecule has 1 saturated carbocycles.